The summed E-state index contributed by atoms with van der Waals surface area (Å²) in [5.74, 6) is 0. The lowest BCUT2D eigenvalue weighted by atomic mass is 9.89. The Kier molecular flexibility index (Phi) is 2.62. The molecule has 0 atom stereocenters. The Hall–Kier alpha value is -1.16. The van der Waals surface area contributed by atoms with Gasteiger partial charge in [-0.25, -0.2) is 9.97 Å². The van der Waals surface area contributed by atoms with Crippen LogP contribution in [0.25, 0.3) is 0 Å². The molecule has 4 heteroatoms. The Bertz CT molecular complexity index is 364. The zero-order valence-corrected chi connectivity index (χ0v) is 10.3. The smallest absolute Gasteiger partial charge is 0.317 e. The summed E-state index contributed by atoms with van der Waals surface area (Å²) < 4.78 is 10.8. The molecule has 16 heavy (non-hydrogen) atoms. The lowest BCUT2D eigenvalue weighted by Gasteiger charge is -2.37. The van der Waals surface area contributed by atoms with Crippen molar-refractivity contribution in [3.05, 3.63) is 18.0 Å². The third-order valence-corrected chi connectivity index (χ3v) is 2.65. The zero-order valence-electron chi connectivity index (χ0n) is 10.3. The highest BCUT2D eigenvalue weighted by Crippen LogP contribution is 2.24. The normalized spacial score (nSPS) is 19.0. The van der Waals surface area contributed by atoms with Crippen LogP contribution in [0.3, 0.4) is 0 Å². The van der Waals surface area contributed by atoms with Gasteiger partial charge >= 0.3 is 6.01 Å². The number of hydrogen-bond acceptors (Lipinski definition) is 4. The predicted octanol–water partition coefficient (Wildman–Crippen LogP) is 1.94. The van der Waals surface area contributed by atoms with E-state index in [0.29, 0.717) is 19.2 Å². The Morgan fingerprint density at radius 2 is 1.81 bits per heavy atom. The van der Waals surface area contributed by atoms with Crippen LogP contribution in [0.5, 0.6) is 6.01 Å². The van der Waals surface area contributed by atoms with Gasteiger partial charge in [0.2, 0.25) is 0 Å². The van der Waals surface area contributed by atoms with E-state index in [1.807, 2.05) is 19.3 Å². The summed E-state index contributed by atoms with van der Waals surface area (Å²) in [6.45, 7) is 9.61. The molecule has 2 heterocycles. The van der Waals surface area contributed by atoms with Gasteiger partial charge in [0.05, 0.1) is 13.2 Å². The molecule has 1 fully saturated rings. The molecule has 0 spiro atoms. The number of nitrogens with zero attached hydrogens (tertiary/aromatic N) is 2. The second kappa shape index (κ2) is 3.70. The summed E-state index contributed by atoms with van der Waals surface area (Å²) in [5, 5.41) is 0. The summed E-state index contributed by atoms with van der Waals surface area (Å²) in [6, 6.07) is 0.429. The summed E-state index contributed by atoms with van der Waals surface area (Å²) in [5.41, 5.74) is 0.931. The van der Waals surface area contributed by atoms with Gasteiger partial charge in [-0.3, -0.25) is 0 Å². The molecule has 1 aliphatic rings. The Labute approximate surface area is 96.0 Å². The van der Waals surface area contributed by atoms with E-state index >= 15 is 0 Å². The van der Waals surface area contributed by atoms with Gasteiger partial charge in [-0.05, 0) is 17.9 Å². The van der Waals surface area contributed by atoms with E-state index in [1.54, 1.807) is 0 Å². The molecule has 0 bridgehead atoms. The highest BCUT2D eigenvalue weighted by molar-refractivity contribution is 5.17. The van der Waals surface area contributed by atoms with Crippen molar-refractivity contribution in [3.63, 3.8) is 0 Å². The van der Waals surface area contributed by atoms with Crippen LogP contribution in [0.1, 0.15) is 33.3 Å². The summed E-state index contributed by atoms with van der Waals surface area (Å²) in [4.78, 5) is 8.45. The molecule has 4 nitrogen and oxygen atoms in total. The second-order valence-corrected chi connectivity index (χ2v) is 5.55. The maximum absolute atomic E-state index is 5.66. The molecule has 0 radical (unpaired) electrons. The first-order chi connectivity index (χ1) is 7.39. The van der Waals surface area contributed by atoms with Crippen molar-refractivity contribution in [1.29, 1.82) is 0 Å². The first kappa shape index (κ1) is 11.3. The fraction of sp³-hybridized carbons (Fsp3) is 0.667. The number of ether oxygens (including phenoxy) is 2. The van der Waals surface area contributed by atoms with Crippen molar-refractivity contribution in [2.45, 2.75) is 38.7 Å². The highest BCUT2D eigenvalue weighted by atomic mass is 16.6. The van der Waals surface area contributed by atoms with Crippen LogP contribution in [0.2, 0.25) is 0 Å². The van der Waals surface area contributed by atoms with Crippen molar-refractivity contribution in [3.8, 4) is 6.01 Å². The molecule has 2 rings (SSSR count). The van der Waals surface area contributed by atoms with Gasteiger partial charge in [0.1, 0.15) is 0 Å². The van der Waals surface area contributed by atoms with Gasteiger partial charge in [0.25, 0.3) is 0 Å². The monoisotopic (exact) mass is 222 g/mol. The van der Waals surface area contributed by atoms with Crippen molar-refractivity contribution < 1.29 is 9.47 Å². The van der Waals surface area contributed by atoms with Crippen molar-refractivity contribution >= 4 is 0 Å². The first-order valence-corrected chi connectivity index (χ1v) is 5.48. The van der Waals surface area contributed by atoms with Crippen molar-refractivity contribution in [2.24, 2.45) is 0 Å². The third-order valence-electron chi connectivity index (χ3n) is 2.65. The van der Waals surface area contributed by atoms with Crippen molar-refractivity contribution in [2.75, 3.05) is 13.2 Å². The quantitative estimate of drug-likeness (QED) is 0.767. The standard InChI is InChI=1S/C12H18N2O2/c1-11(2,3)9-5-13-10(14-6-9)16-12(4)7-15-8-12/h5-6H,7-8H2,1-4H3. The molecule has 1 aliphatic heterocycles. The minimum absolute atomic E-state index is 0.0714. The van der Waals surface area contributed by atoms with Gasteiger partial charge in [-0.15, -0.1) is 0 Å². The Morgan fingerprint density at radius 3 is 2.19 bits per heavy atom. The summed E-state index contributed by atoms with van der Waals surface area (Å²) in [7, 11) is 0. The van der Waals surface area contributed by atoms with Gasteiger partial charge in [0, 0.05) is 12.4 Å². The van der Waals surface area contributed by atoms with Gasteiger partial charge in [0.15, 0.2) is 5.60 Å². The molecule has 1 aromatic rings. The fourth-order valence-corrected chi connectivity index (χ4v) is 1.43. The molecule has 0 N–H and O–H groups in total. The SMILES string of the molecule is CC1(Oc2ncc(C(C)(C)C)cn2)COC1. The average molecular weight is 222 g/mol. The van der Waals surface area contributed by atoms with E-state index in [1.165, 1.54) is 0 Å². The Morgan fingerprint density at radius 1 is 1.25 bits per heavy atom. The number of hydrogen-bond donors (Lipinski definition) is 0. The van der Waals surface area contributed by atoms with Gasteiger partial charge < -0.3 is 9.47 Å². The lowest BCUT2D eigenvalue weighted by Crippen LogP contribution is -2.52. The van der Waals surface area contributed by atoms with E-state index in [2.05, 4.69) is 30.7 Å². The lowest BCUT2D eigenvalue weighted by molar-refractivity contribution is -0.153. The van der Waals surface area contributed by atoms with Crippen molar-refractivity contribution in [1.82, 2.24) is 9.97 Å². The third kappa shape index (κ3) is 2.32. The van der Waals surface area contributed by atoms with Gasteiger partial charge in [-0.1, -0.05) is 20.8 Å². The largest absolute Gasteiger partial charge is 0.452 e. The zero-order chi connectivity index (χ0) is 11.8. The molecule has 88 valence electrons. The van der Waals surface area contributed by atoms with Crippen LogP contribution in [0.15, 0.2) is 12.4 Å². The number of aromatic nitrogens is 2. The molecule has 0 saturated carbocycles. The van der Waals surface area contributed by atoms with Crippen LogP contribution >= 0.6 is 0 Å². The van der Waals surface area contributed by atoms with Crippen LogP contribution in [-0.4, -0.2) is 28.8 Å². The van der Waals surface area contributed by atoms with E-state index in [0.717, 1.165) is 5.56 Å². The predicted molar refractivity (Wildman–Crippen MR) is 60.6 cm³/mol. The van der Waals surface area contributed by atoms with Crippen LogP contribution in [0.4, 0.5) is 0 Å². The minimum Gasteiger partial charge on any atom is -0.452 e. The Balaban J connectivity index is 2.08. The molecule has 1 saturated heterocycles. The maximum atomic E-state index is 5.66. The maximum Gasteiger partial charge on any atom is 0.317 e. The number of rotatable bonds is 2. The molecular weight excluding hydrogens is 204 g/mol. The van der Waals surface area contributed by atoms with E-state index in [4.69, 9.17) is 9.47 Å². The summed E-state index contributed by atoms with van der Waals surface area (Å²) in [6.07, 6.45) is 3.65. The molecule has 0 unspecified atom stereocenters. The van der Waals surface area contributed by atoms with Crippen LogP contribution in [-0.2, 0) is 10.2 Å². The van der Waals surface area contributed by atoms with Crippen LogP contribution in [0, 0.1) is 0 Å². The summed E-state index contributed by atoms with van der Waals surface area (Å²) >= 11 is 0. The second-order valence-electron chi connectivity index (χ2n) is 5.55. The molecular formula is C12H18N2O2. The highest BCUT2D eigenvalue weighted by Gasteiger charge is 2.36. The molecule has 0 aliphatic carbocycles. The van der Waals surface area contributed by atoms with E-state index < -0.39 is 0 Å². The van der Waals surface area contributed by atoms with Gasteiger partial charge in [-0.2, -0.15) is 0 Å². The fourth-order valence-electron chi connectivity index (χ4n) is 1.43. The molecule has 0 amide bonds. The first-order valence-electron chi connectivity index (χ1n) is 5.48. The topological polar surface area (TPSA) is 44.2 Å². The average Bonchev–Trinajstić information content (AvgIpc) is 2.15. The molecule has 1 aromatic heterocycles. The van der Waals surface area contributed by atoms with E-state index in [-0.39, 0.29) is 11.0 Å². The van der Waals surface area contributed by atoms with Crippen LogP contribution < -0.4 is 4.74 Å². The minimum atomic E-state index is -0.247. The molecule has 0 aromatic carbocycles. The van der Waals surface area contributed by atoms with E-state index in [9.17, 15) is 0 Å².